The fourth-order valence-corrected chi connectivity index (χ4v) is 6.87. The zero-order valence-corrected chi connectivity index (χ0v) is 28.4. The van der Waals surface area contributed by atoms with Crippen molar-refractivity contribution in [1.82, 2.24) is 0 Å². The lowest BCUT2D eigenvalue weighted by atomic mass is 9.97. The minimum absolute atomic E-state index is 0.130. The number of carbonyl (C=O) groups is 1. The highest BCUT2D eigenvalue weighted by atomic mass is 32.2. The van der Waals surface area contributed by atoms with Gasteiger partial charge in [-0.1, -0.05) is 99.6 Å². The monoisotopic (exact) mass is 638 g/mol. The topological polar surface area (TPSA) is 83.5 Å². The summed E-state index contributed by atoms with van der Waals surface area (Å²) < 4.78 is 32.7. The van der Waals surface area contributed by atoms with Crippen LogP contribution in [0.25, 0.3) is 0 Å². The quantitative estimate of drug-likeness (QED) is 0.120. The average Bonchev–Trinajstić information content (AvgIpc) is 3.00. The van der Waals surface area contributed by atoms with Crippen molar-refractivity contribution in [1.29, 1.82) is 0 Å². The molecule has 9 heteroatoms. The first-order valence-corrected chi connectivity index (χ1v) is 19.0. The van der Waals surface area contributed by atoms with E-state index >= 15 is 0 Å². The van der Waals surface area contributed by atoms with Gasteiger partial charge in [0.1, 0.15) is 18.3 Å². The molecule has 0 unspecified atom stereocenters. The second-order valence-corrected chi connectivity index (χ2v) is 18.4. The Morgan fingerprint density at radius 2 is 1.50 bits per heavy atom. The molecule has 4 rings (SSSR count). The zero-order valence-electron chi connectivity index (χ0n) is 26.6. The highest BCUT2D eigenvalue weighted by Crippen LogP contribution is 2.41. The van der Waals surface area contributed by atoms with Crippen LogP contribution in [0.15, 0.2) is 95.9 Å². The molecule has 0 spiro atoms. The fraction of sp³-hybridized carbons (Fsp3) is 0.457. The van der Waals surface area contributed by atoms with Crippen LogP contribution in [0.4, 0.5) is 0 Å². The summed E-state index contributed by atoms with van der Waals surface area (Å²) in [4.78, 5) is 13.7. The number of esters is 1. The van der Waals surface area contributed by atoms with E-state index in [0.717, 1.165) is 16.0 Å². The number of aliphatic hydroxyl groups excluding tert-OH is 1. The van der Waals surface area contributed by atoms with Crippen LogP contribution in [0.2, 0.25) is 18.1 Å². The number of aliphatic hydroxyl groups is 1. The van der Waals surface area contributed by atoms with Crippen LogP contribution in [-0.2, 0) is 34.8 Å². The van der Waals surface area contributed by atoms with E-state index < -0.39 is 45.0 Å². The minimum atomic E-state index is -2.41. The molecule has 44 heavy (non-hydrogen) atoms. The lowest BCUT2D eigenvalue weighted by molar-refractivity contribution is -0.308. The van der Waals surface area contributed by atoms with Crippen molar-refractivity contribution in [2.24, 2.45) is 0 Å². The third kappa shape index (κ3) is 9.26. The molecule has 0 bridgehead atoms. The van der Waals surface area contributed by atoms with Crippen LogP contribution in [0.1, 0.15) is 44.9 Å². The molecule has 1 saturated heterocycles. The summed E-state index contributed by atoms with van der Waals surface area (Å²) in [6.45, 7) is 12.0. The molecule has 1 aliphatic rings. The van der Waals surface area contributed by atoms with E-state index in [1.165, 1.54) is 6.92 Å². The Balaban J connectivity index is 1.72. The van der Waals surface area contributed by atoms with Gasteiger partial charge in [-0.25, -0.2) is 0 Å². The van der Waals surface area contributed by atoms with Crippen LogP contribution < -0.4 is 0 Å². The van der Waals surface area contributed by atoms with Gasteiger partial charge in [-0.05, 0) is 41.4 Å². The van der Waals surface area contributed by atoms with Crippen LogP contribution in [0.3, 0.4) is 0 Å². The highest BCUT2D eigenvalue weighted by Gasteiger charge is 2.53. The minimum Gasteiger partial charge on any atom is -0.457 e. The van der Waals surface area contributed by atoms with Crippen molar-refractivity contribution in [3.8, 4) is 0 Å². The first-order chi connectivity index (χ1) is 21.0. The number of benzene rings is 3. The van der Waals surface area contributed by atoms with E-state index in [1.807, 2.05) is 78.9 Å². The molecule has 6 atom stereocenters. The van der Waals surface area contributed by atoms with Crippen LogP contribution in [0, 0.1) is 0 Å². The molecule has 3 aromatic rings. The first kappa shape index (κ1) is 34.4. The molecule has 238 valence electrons. The summed E-state index contributed by atoms with van der Waals surface area (Å²) in [5.74, 6) is 0.125. The molecule has 0 aliphatic carbocycles. The Bertz CT molecular complexity index is 1290. The summed E-state index contributed by atoms with van der Waals surface area (Å²) in [6.07, 6.45) is -4.62. The van der Waals surface area contributed by atoms with Gasteiger partial charge >= 0.3 is 5.97 Å². The van der Waals surface area contributed by atoms with E-state index in [4.69, 9.17) is 23.4 Å². The van der Waals surface area contributed by atoms with Crippen molar-refractivity contribution in [3.05, 3.63) is 102 Å². The van der Waals surface area contributed by atoms with Gasteiger partial charge in [-0.3, -0.25) is 4.79 Å². The normalized spacial score (nSPS) is 23.2. The van der Waals surface area contributed by atoms with Crippen molar-refractivity contribution in [2.75, 3.05) is 12.4 Å². The Hall–Kier alpha value is -2.50. The molecule has 1 fully saturated rings. The predicted molar refractivity (Wildman–Crippen MR) is 176 cm³/mol. The van der Waals surface area contributed by atoms with Crippen LogP contribution in [0.5, 0.6) is 0 Å². The van der Waals surface area contributed by atoms with E-state index in [1.54, 1.807) is 11.8 Å². The molecule has 1 N–H and O–H groups in total. The lowest BCUT2D eigenvalue weighted by Gasteiger charge is -2.49. The molecule has 0 radical (unpaired) electrons. The number of thioether (sulfide) groups is 1. The maximum Gasteiger partial charge on any atom is 0.303 e. The fourth-order valence-electron chi connectivity index (χ4n) is 4.79. The number of hydrogen-bond donors (Lipinski definition) is 1. The van der Waals surface area contributed by atoms with E-state index in [9.17, 15) is 9.90 Å². The second kappa shape index (κ2) is 15.7. The Morgan fingerprint density at radius 3 is 2.07 bits per heavy atom. The summed E-state index contributed by atoms with van der Waals surface area (Å²) in [5, 5.41) is 10.4. The number of hydrogen-bond acceptors (Lipinski definition) is 8. The van der Waals surface area contributed by atoms with Gasteiger partial charge in [0.2, 0.25) is 0 Å². The van der Waals surface area contributed by atoms with Crippen molar-refractivity contribution in [2.45, 2.75) is 94.1 Å². The Labute approximate surface area is 267 Å². The van der Waals surface area contributed by atoms with Crippen molar-refractivity contribution < 1.29 is 33.3 Å². The van der Waals surface area contributed by atoms with Crippen LogP contribution >= 0.6 is 11.8 Å². The van der Waals surface area contributed by atoms with Gasteiger partial charge in [-0.2, -0.15) is 0 Å². The summed E-state index contributed by atoms with van der Waals surface area (Å²) in [5.41, 5.74) is 1.93. The largest absolute Gasteiger partial charge is 0.457 e. The molecule has 0 saturated carbocycles. The number of ether oxygens (including phenoxy) is 4. The van der Waals surface area contributed by atoms with Gasteiger partial charge in [0.15, 0.2) is 20.7 Å². The highest BCUT2D eigenvalue weighted by molar-refractivity contribution is 7.99. The first-order valence-electron chi connectivity index (χ1n) is 15.1. The maximum atomic E-state index is 12.6. The molecule has 0 aromatic heterocycles. The van der Waals surface area contributed by atoms with Crippen molar-refractivity contribution in [3.63, 3.8) is 0 Å². The lowest BCUT2D eigenvalue weighted by Crippen LogP contribution is -2.64. The van der Waals surface area contributed by atoms with Gasteiger partial charge in [0.25, 0.3) is 0 Å². The molecule has 0 amide bonds. The molecular weight excluding hydrogens is 593 g/mol. The number of carbonyl (C=O) groups excluding carboxylic acids is 1. The predicted octanol–water partition coefficient (Wildman–Crippen LogP) is 7.16. The SMILES string of the molecule is CC(=O)O[C@@H]1[C@@H](O[C@H](CSc2ccccc2)c2ccccc2)[C@H](O[Si](C)(C)C(C)(C)C)O[C@H](CO)[C@H]1OCc1ccccc1. The van der Waals surface area contributed by atoms with E-state index in [-0.39, 0.29) is 24.4 Å². The summed E-state index contributed by atoms with van der Waals surface area (Å²) >= 11 is 1.68. The van der Waals surface area contributed by atoms with Crippen LogP contribution in [-0.4, -0.2) is 62.5 Å². The summed E-state index contributed by atoms with van der Waals surface area (Å²) in [6, 6.07) is 29.9. The van der Waals surface area contributed by atoms with Gasteiger partial charge in [0.05, 0.1) is 19.3 Å². The van der Waals surface area contributed by atoms with E-state index in [2.05, 4.69) is 46.0 Å². The van der Waals surface area contributed by atoms with Gasteiger partial charge in [-0.15, -0.1) is 11.8 Å². The molecule has 1 heterocycles. The third-order valence-electron chi connectivity index (χ3n) is 8.21. The number of rotatable bonds is 13. The second-order valence-electron chi connectivity index (χ2n) is 12.6. The van der Waals surface area contributed by atoms with E-state index in [0.29, 0.717) is 5.75 Å². The van der Waals surface area contributed by atoms with Gasteiger partial charge in [0, 0.05) is 17.6 Å². The molecule has 7 nitrogen and oxygen atoms in total. The summed E-state index contributed by atoms with van der Waals surface area (Å²) in [7, 11) is -2.41. The molecule has 1 aliphatic heterocycles. The smallest absolute Gasteiger partial charge is 0.303 e. The maximum absolute atomic E-state index is 12.6. The molecular formula is C35H46O7SSi. The van der Waals surface area contributed by atoms with Gasteiger partial charge < -0.3 is 28.5 Å². The average molecular weight is 639 g/mol. The zero-order chi connectivity index (χ0) is 31.7. The standard InChI is InChI=1S/C35H46O7SSi/c1-25(37)39-32-31(38-23-26-16-10-7-11-17-26)29(22-36)41-34(42-44(5,6)35(2,3)4)33(32)40-30(27-18-12-8-13-19-27)24-43-28-20-14-9-15-21-28/h7-21,29-34,36H,22-24H2,1-6H3/t29-,30-,31-,32+,33-,34+/m1/s1. The van der Waals surface area contributed by atoms with Crippen molar-refractivity contribution >= 4 is 26.0 Å². The molecule has 3 aromatic carbocycles. The Kier molecular flexibility index (Phi) is 12.2. The third-order valence-corrected chi connectivity index (χ3v) is 13.7. The Morgan fingerprint density at radius 1 is 0.909 bits per heavy atom.